The van der Waals surface area contributed by atoms with E-state index in [0.29, 0.717) is 18.0 Å². The fourth-order valence-corrected chi connectivity index (χ4v) is 6.65. The van der Waals surface area contributed by atoms with E-state index >= 15 is 0 Å². The minimum Gasteiger partial charge on any atom is -0.338 e. The lowest BCUT2D eigenvalue weighted by atomic mass is 9.82. The van der Waals surface area contributed by atoms with Crippen molar-refractivity contribution >= 4 is 5.91 Å². The Bertz CT molecular complexity index is 1040. The number of carbonyl (C=O) groups excluding carboxylic acids is 1. The first kappa shape index (κ1) is 19.2. The molecule has 4 aliphatic rings. The monoisotopic (exact) mass is 418 g/mol. The first-order chi connectivity index (χ1) is 15.2. The van der Waals surface area contributed by atoms with E-state index in [-0.39, 0.29) is 17.4 Å². The van der Waals surface area contributed by atoms with Crippen LogP contribution in [0.4, 0.5) is 0 Å². The van der Waals surface area contributed by atoms with E-state index in [2.05, 4.69) is 22.0 Å². The zero-order valence-corrected chi connectivity index (χ0v) is 17.9. The van der Waals surface area contributed by atoms with Crippen molar-refractivity contribution in [3.05, 3.63) is 63.8 Å². The van der Waals surface area contributed by atoms with E-state index in [1.54, 1.807) is 12.4 Å². The Morgan fingerprint density at radius 2 is 1.87 bits per heavy atom. The van der Waals surface area contributed by atoms with Crippen LogP contribution in [0.15, 0.2) is 41.5 Å². The molecule has 0 spiro atoms. The number of likely N-dealkylation sites (tertiary alicyclic amines) is 2. The first-order valence-electron chi connectivity index (χ1n) is 11.8. The van der Waals surface area contributed by atoms with Crippen molar-refractivity contribution in [3.63, 3.8) is 0 Å². The van der Waals surface area contributed by atoms with E-state index in [1.165, 1.54) is 19.3 Å². The molecule has 3 aliphatic heterocycles. The normalized spacial score (nSPS) is 29.6. The molecule has 2 saturated heterocycles. The van der Waals surface area contributed by atoms with Gasteiger partial charge in [0, 0.05) is 68.8 Å². The molecule has 2 aromatic rings. The van der Waals surface area contributed by atoms with Gasteiger partial charge in [-0.05, 0) is 55.2 Å². The van der Waals surface area contributed by atoms with Gasteiger partial charge in [-0.3, -0.25) is 19.5 Å². The molecular formula is C25H30N4O2. The number of piperidine rings is 1. The third kappa shape index (κ3) is 3.41. The predicted octanol–water partition coefficient (Wildman–Crippen LogP) is 2.73. The third-order valence-electron chi connectivity index (χ3n) is 8.07. The topological polar surface area (TPSA) is 58.4 Å². The molecule has 5 heterocycles. The molecule has 0 unspecified atom stereocenters. The van der Waals surface area contributed by atoms with Crippen LogP contribution in [0.25, 0.3) is 0 Å². The maximum Gasteiger partial charge on any atom is 0.255 e. The summed E-state index contributed by atoms with van der Waals surface area (Å²) in [7, 11) is 0. The summed E-state index contributed by atoms with van der Waals surface area (Å²) < 4.78 is 2.02. The van der Waals surface area contributed by atoms with Gasteiger partial charge in [0.1, 0.15) is 0 Å². The summed E-state index contributed by atoms with van der Waals surface area (Å²) in [6.07, 6.45) is 8.50. The molecule has 31 heavy (non-hydrogen) atoms. The molecule has 6 rings (SSSR count). The van der Waals surface area contributed by atoms with Gasteiger partial charge in [0.15, 0.2) is 0 Å². The van der Waals surface area contributed by atoms with Crippen LogP contribution in [0.5, 0.6) is 0 Å². The second-order valence-electron chi connectivity index (χ2n) is 10.1. The van der Waals surface area contributed by atoms with Crippen LogP contribution >= 0.6 is 0 Å². The molecule has 162 valence electrons. The van der Waals surface area contributed by atoms with Gasteiger partial charge in [0.2, 0.25) is 0 Å². The Morgan fingerprint density at radius 3 is 2.65 bits per heavy atom. The molecule has 1 saturated carbocycles. The second-order valence-corrected chi connectivity index (χ2v) is 10.1. The molecule has 0 aromatic carbocycles. The van der Waals surface area contributed by atoms with Gasteiger partial charge in [-0.25, -0.2) is 0 Å². The van der Waals surface area contributed by atoms with E-state index in [4.69, 9.17) is 0 Å². The highest BCUT2D eigenvalue weighted by Gasteiger charge is 2.38. The SMILES string of the molecule is O=C(c1cccnc1)N1C[C@@H]2C[C@H](C1)c1ccc(CN3C[C@H]4CCC[C@H]4C3)c(=O)n1C2. The zero-order chi connectivity index (χ0) is 20.9. The molecule has 6 nitrogen and oxygen atoms in total. The number of hydrogen-bond acceptors (Lipinski definition) is 4. The average molecular weight is 419 g/mol. The van der Waals surface area contributed by atoms with Gasteiger partial charge in [0.25, 0.3) is 11.5 Å². The van der Waals surface area contributed by atoms with E-state index in [9.17, 15) is 9.59 Å². The molecule has 3 fully saturated rings. The first-order valence-corrected chi connectivity index (χ1v) is 11.8. The summed E-state index contributed by atoms with van der Waals surface area (Å²) in [4.78, 5) is 34.9. The molecule has 1 amide bonds. The molecule has 0 N–H and O–H groups in total. The summed E-state index contributed by atoms with van der Waals surface area (Å²) in [5.41, 5.74) is 2.88. The highest BCUT2D eigenvalue weighted by Crippen LogP contribution is 2.38. The van der Waals surface area contributed by atoms with Gasteiger partial charge >= 0.3 is 0 Å². The summed E-state index contributed by atoms with van der Waals surface area (Å²) in [5.74, 6) is 2.33. The van der Waals surface area contributed by atoms with Crippen LogP contribution in [0.1, 0.15) is 53.2 Å². The quantitative estimate of drug-likeness (QED) is 0.769. The number of hydrogen-bond donors (Lipinski definition) is 0. The van der Waals surface area contributed by atoms with Gasteiger partial charge in [-0.2, -0.15) is 0 Å². The Labute approximate surface area is 182 Å². The number of carbonyl (C=O) groups is 1. The second kappa shape index (κ2) is 7.59. The van der Waals surface area contributed by atoms with Crippen molar-refractivity contribution < 1.29 is 4.79 Å². The fraction of sp³-hybridized carbons (Fsp3) is 0.560. The summed E-state index contributed by atoms with van der Waals surface area (Å²) in [6.45, 7) is 5.22. The summed E-state index contributed by atoms with van der Waals surface area (Å²) in [6, 6.07) is 7.86. The van der Waals surface area contributed by atoms with Crippen molar-refractivity contribution in [2.45, 2.75) is 44.7 Å². The zero-order valence-electron chi connectivity index (χ0n) is 17.9. The highest BCUT2D eigenvalue weighted by atomic mass is 16.2. The van der Waals surface area contributed by atoms with Crippen molar-refractivity contribution in [1.82, 2.24) is 19.4 Å². The number of pyridine rings is 2. The standard InChI is InChI=1S/C25H30N4O2/c30-24(18-5-2-8-26-10-18)28-11-17-9-22(16-28)23-7-6-21(25(31)29(23)12-17)15-27-13-19-3-1-4-20(19)14-27/h2,5-8,10,17,19-20,22H,1,3-4,9,11-16H2/t17-,19-,20+,22+/m0/s1. The number of amides is 1. The molecular weight excluding hydrogens is 388 g/mol. The number of nitrogens with zero attached hydrogens (tertiary/aromatic N) is 4. The van der Waals surface area contributed by atoms with Crippen LogP contribution in [0, 0.1) is 17.8 Å². The van der Waals surface area contributed by atoms with E-state index in [0.717, 1.165) is 62.2 Å². The minimum absolute atomic E-state index is 0.0507. The molecule has 2 aromatic heterocycles. The van der Waals surface area contributed by atoms with Crippen molar-refractivity contribution in [3.8, 4) is 0 Å². The van der Waals surface area contributed by atoms with Crippen LogP contribution in [0.3, 0.4) is 0 Å². The third-order valence-corrected chi connectivity index (χ3v) is 8.07. The maximum atomic E-state index is 13.4. The Balaban J connectivity index is 1.21. The minimum atomic E-state index is 0.0507. The van der Waals surface area contributed by atoms with Crippen LogP contribution < -0.4 is 5.56 Å². The molecule has 0 radical (unpaired) electrons. The lowest BCUT2D eigenvalue weighted by Crippen LogP contribution is -2.49. The predicted molar refractivity (Wildman–Crippen MR) is 118 cm³/mol. The maximum absolute atomic E-state index is 13.4. The van der Waals surface area contributed by atoms with Crippen LogP contribution in [-0.2, 0) is 13.1 Å². The van der Waals surface area contributed by atoms with Crippen molar-refractivity contribution in [2.75, 3.05) is 26.2 Å². The van der Waals surface area contributed by atoms with Crippen molar-refractivity contribution in [2.24, 2.45) is 17.8 Å². The average Bonchev–Trinajstić information content (AvgIpc) is 3.38. The molecule has 1 aliphatic carbocycles. The van der Waals surface area contributed by atoms with E-state index in [1.807, 2.05) is 21.6 Å². The lowest BCUT2D eigenvalue weighted by Gasteiger charge is -2.43. The van der Waals surface area contributed by atoms with Gasteiger partial charge in [-0.1, -0.05) is 12.5 Å². The van der Waals surface area contributed by atoms with Gasteiger partial charge in [0.05, 0.1) is 5.56 Å². The molecule has 4 atom stereocenters. The fourth-order valence-electron chi connectivity index (χ4n) is 6.65. The van der Waals surface area contributed by atoms with Gasteiger partial charge < -0.3 is 9.47 Å². The number of rotatable bonds is 3. The van der Waals surface area contributed by atoms with Crippen LogP contribution in [0.2, 0.25) is 0 Å². The van der Waals surface area contributed by atoms with Gasteiger partial charge in [-0.15, -0.1) is 0 Å². The smallest absolute Gasteiger partial charge is 0.255 e. The summed E-state index contributed by atoms with van der Waals surface area (Å²) in [5, 5.41) is 0. The highest BCUT2D eigenvalue weighted by molar-refractivity contribution is 5.94. The Kier molecular flexibility index (Phi) is 4.71. The largest absolute Gasteiger partial charge is 0.338 e. The van der Waals surface area contributed by atoms with Crippen molar-refractivity contribution in [1.29, 1.82) is 0 Å². The Hall–Kier alpha value is -2.47. The van der Waals surface area contributed by atoms with E-state index < -0.39 is 0 Å². The molecule has 6 heteroatoms. The molecule has 2 bridgehead atoms. The Morgan fingerprint density at radius 1 is 1.03 bits per heavy atom. The lowest BCUT2D eigenvalue weighted by molar-refractivity contribution is 0.0593. The van der Waals surface area contributed by atoms with Crippen LogP contribution in [-0.4, -0.2) is 51.4 Å². The number of aromatic nitrogens is 2. The number of fused-ring (bicyclic) bond motifs is 5. The summed E-state index contributed by atoms with van der Waals surface area (Å²) >= 11 is 0.